The number of hydrogen-bond acceptors (Lipinski definition) is 6. The molecule has 2 N–H and O–H groups in total. The Morgan fingerprint density at radius 1 is 1.03 bits per heavy atom. The number of rotatable bonds is 8. The summed E-state index contributed by atoms with van der Waals surface area (Å²) in [4.78, 5) is 17.3. The highest BCUT2D eigenvalue weighted by molar-refractivity contribution is 7.13. The zero-order valence-electron chi connectivity index (χ0n) is 17.4. The number of piperazine rings is 1. The van der Waals surface area contributed by atoms with Gasteiger partial charge in [0.1, 0.15) is 5.82 Å². The summed E-state index contributed by atoms with van der Waals surface area (Å²) in [6.07, 6.45) is 0.845. The minimum Gasteiger partial charge on any atom is -0.369 e. The summed E-state index contributed by atoms with van der Waals surface area (Å²) in [6, 6.07) is 16.2. The van der Waals surface area contributed by atoms with Gasteiger partial charge in [-0.05, 0) is 60.9 Å². The molecule has 1 aliphatic heterocycles. The second-order valence-corrected chi connectivity index (χ2v) is 8.34. The van der Waals surface area contributed by atoms with Crippen LogP contribution in [0.15, 0.2) is 48.5 Å². The molecule has 158 valence electrons. The van der Waals surface area contributed by atoms with E-state index < -0.39 is 0 Å². The van der Waals surface area contributed by atoms with Crippen molar-refractivity contribution in [2.24, 2.45) is 0 Å². The van der Waals surface area contributed by atoms with Crippen LogP contribution in [-0.2, 0) is 0 Å². The number of hydrogen-bond donors (Lipinski definition) is 2. The number of carbonyl (C=O) groups excluding carboxylic acids is 1. The fraction of sp³-hybridized carbons (Fsp3) is 0.391. The summed E-state index contributed by atoms with van der Waals surface area (Å²) in [5.74, 6) is 0.911. The number of aromatic nitrogens is 1. The highest BCUT2D eigenvalue weighted by Crippen LogP contribution is 2.25. The molecular weight excluding hydrogens is 394 g/mol. The van der Waals surface area contributed by atoms with E-state index in [-0.39, 0.29) is 5.91 Å². The molecule has 0 unspecified atom stereocenters. The van der Waals surface area contributed by atoms with E-state index in [2.05, 4.69) is 56.0 Å². The summed E-state index contributed by atoms with van der Waals surface area (Å²) in [5.41, 5.74) is 1.91. The molecule has 0 atom stereocenters. The molecule has 0 spiro atoms. The first-order chi connectivity index (χ1) is 14.7. The van der Waals surface area contributed by atoms with Gasteiger partial charge in [-0.25, -0.2) is 0 Å². The Labute approximate surface area is 182 Å². The van der Waals surface area contributed by atoms with Crippen molar-refractivity contribution in [3.8, 4) is 0 Å². The largest absolute Gasteiger partial charge is 0.369 e. The molecule has 30 heavy (non-hydrogen) atoms. The van der Waals surface area contributed by atoms with Crippen LogP contribution in [0.4, 0.5) is 11.5 Å². The normalized spacial score (nSPS) is 14.8. The van der Waals surface area contributed by atoms with Crippen molar-refractivity contribution >= 4 is 39.0 Å². The second kappa shape index (κ2) is 9.91. The lowest BCUT2D eigenvalue weighted by Crippen LogP contribution is -2.46. The first kappa shape index (κ1) is 20.6. The third-order valence-electron chi connectivity index (χ3n) is 5.62. The molecule has 7 heteroatoms. The molecule has 1 amide bonds. The first-order valence-electron chi connectivity index (χ1n) is 10.7. The van der Waals surface area contributed by atoms with E-state index in [0.717, 1.165) is 56.9 Å². The fourth-order valence-electron chi connectivity index (χ4n) is 3.76. The average Bonchev–Trinajstić information content (AvgIpc) is 3.22. The Morgan fingerprint density at radius 2 is 1.80 bits per heavy atom. The Balaban J connectivity index is 1.20. The Hall–Kier alpha value is -2.64. The van der Waals surface area contributed by atoms with Gasteiger partial charge in [-0.1, -0.05) is 19.1 Å². The van der Waals surface area contributed by atoms with Crippen LogP contribution < -0.4 is 15.5 Å². The van der Waals surface area contributed by atoms with Gasteiger partial charge in [0.2, 0.25) is 0 Å². The van der Waals surface area contributed by atoms with Crippen LogP contribution >= 0.6 is 11.5 Å². The van der Waals surface area contributed by atoms with E-state index in [0.29, 0.717) is 12.1 Å². The number of anilines is 2. The fourth-order valence-corrected chi connectivity index (χ4v) is 4.51. The molecule has 1 saturated heterocycles. The number of nitrogens with one attached hydrogen (secondary N) is 2. The van der Waals surface area contributed by atoms with E-state index in [1.54, 1.807) is 0 Å². The van der Waals surface area contributed by atoms with Gasteiger partial charge in [-0.15, -0.1) is 0 Å². The Bertz CT molecular complexity index is 963. The van der Waals surface area contributed by atoms with Crippen LogP contribution in [0.3, 0.4) is 0 Å². The number of nitrogens with zero attached hydrogens (tertiary/aromatic N) is 3. The van der Waals surface area contributed by atoms with E-state index in [4.69, 9.17) is 0 Å². The van der Waals surface area contributed by atoms with Gasteiger partial charge in [-0.2, -0.15) is 4.37 Å². The lowest BCUT2D eigenvalue weighted by Gasteiger charge is -2.35. The van der Waals surface area contributed by atoms with Crippen molar-refractivity contribution < 1.29 is 4.79 Å². The number of benzene rings is 2. The van der Waals surface area contributed by atoms with Gasteiger partial charge in [0, 0.05) is 55.9 Å². The van der Waals surface area contributed by atoms with Crippen molar-refractivity contribution in [1.29, 1.82) is 0 Å². The number of fused-ring (bicyclic) bond motifs is 1. The van der Waals surface area contributed by atoms with Crippen molar-refractivity contribution in [3.05, 3.63) is 54.1 Å². The van der Waals surface area contributed by atoms with Gasteiger partial charge in [0.05, 0.1) is 4.70 Å². The summed E-state index contributed by atoms with van der Waals surface area (Å²) < 4.78 is 5.65. The highest BCUT2D eigenvalue weighted by atomic mass is 32.1. The molecule has 1 fully saturated rings. The van der Waals surface area contributed by atoms with Crippen LogP contribution in [-0.4, -0.2) is 61.0 Å². The first-order valence-corrected chi connectivity index (χ1v) is 11.5. The van der Waals surface area contributed by atoms with Gasteiger partial charge in [0.25, 0.3) is 5.91 Å². The van der Waals surface area contributed by atoms with Crippen LogP contribution in [0.1, 0.15) is 23.7 Å². The van der Waals surface area contributed by atoms with Crippen molar-refractivity contribution in [1.82, 2.24) is 14.6 Å². The zero-order valence-corrected chi connectivity index (χ0v) is 18.3. The second-order valence-electron chi connectivity index (χ2n) is 7.53. The third kappa shape index (κ3) is 4.91. The zero-order chi connectivity index (χ0) is 20.8. The van der Waals surface area contributed by atoms with Gasteiger partial charge < -0.3 is 20.4 Å². The van der Waals surface area contributed by atoms with Crippen molar-refractivity contribution in [2.45, 2.75) is 13.3 Å². The summed E-state index contributed by atoms with van der Waals surface area (Å²) >= 11 is 1.50. The average molecular weight is 424 g/mol. The molecule has 1 aliphatic rings. The van der Waals surface area contributed by atoms with Crippen LogP contribution in [0, 0.1) is 0 Å². The molecule has 2 aromatic carbocycles. The molecule has 4 rings (SSSR count). The maximum Gasteiger partial charge on any atom is 0.251 e. The minimum absolute atomic E-state index is 0.0172. The highest BCUT2D eigenvalue weighted by Gasteiger charge is 2.16. The van der Waals surface area contributed by atoms with E-state index in [1.165, 1.54) is 21.9 Å². The van der Waals surface area contributed by atoms with E-state index >= 15 is 0 Å². The number of carbonyl (C=O) groups is 1. The monoisotopic (exact) mass is 423 g/mol. The van der Waals surface area contributed by atoms with Gasteiger partial charge in [-0.3, -0.25) is 4.79 Å². The van der Waals surface area contributed by atoms with Crippen LogP contribution in [0.25, 0.3) is 10.1 Å². The van der Waals surface area contributed by atoms with Crippen LogP contribution in [0.2, 0.25) is 0 Å². The Morgan fingerprint density at radius 3 is 2.57 bits per heavy atom. The summed E-state index contributed by atoms with van der Waals surface area (Å²) in [5, 5.41) is 7.54. The van der Waals surface area contributed by atoms with Crippen molar-refractivity contribution in [3.63, 3.8) is 0 Å². The maximum atomic E-state index is 12.4. The lowest BCUT2D eigenvalue weighted by atomic mass is 10.1. The SMILES string of the molecule is CCN1CCN(c2ccc(C(=O)NCCCNc3nsc4ccccc34)cc2)CC1. The van der Waals surface area contributed by atoms with E-state index in [1.807, 2.05) is 24.3 Å². The number of likely N-dealkylation sites (N-methyl/N-ethyl adjacent to an activating group) is 1. The predicted molar refractivity (Wildman–Crippen MR) is 126 cm³/mol. The molecule has 1 aromatic heterocycles. The molecule has 0 bridgehead atoms. The molecular formula is C23H29N5OS. The quantitative estimate of drug-likeness (QED) is 0.542. The van der Waals surface area contributed by atoms with Crippen LogP contribution in [0.5, 0.6) is 0 Å². The standard InChI is InChI=1S/C23H29N5OS/c1-2-27-14-16-28(17-15-27)19-10-8-18(9-11-19)23(29)25-13-5-12-24-22-20-6-3-4-7-21(20)30-26-22/h3-4,6-11H,2,5,12-17H2,1H3,(H,24,26)(H,25,29). The van der Waals surface area contributed by atoms with Gasteiger partial charge in [0.15, 0.2) is 0 Å². The smallest absolute Gasteiger partial charge is 0.251 e. The van der Waals surface area contributed by atoms with E-state index in [9.17, 15) is 4.79 Å². The summed E-state index contributed by atoms with van der Waals surface area (Å²) in [6.45, 7) is 9.02. The third-order valence-corrected chi connectivity index (χ3v) is 6.45. The molecule has 6 nitrogen and oxygen atoms in total. The lowest BCUT2D eigenvalue weighted by molar-refractivity contribution is 0.0953. The predicted octanol–water partition coefficient (Wildman–Crippen LogP) is 3.67. The molecule has 2 heterocycles. The molecule has 0 aliphatic carbocycles. The topological polar surface area (TPSA) is 60.5 Å². The molecule has 0 saturated carbocycles. The Kier molecular flexibility index (Phi) is 6.81. The summed E-state index contributed by atoms with van der Waals surface area (Å²) in [7, 11) is 0. The minimum atomic E-state index is -0.0172. The van der Waals surface area contributed by atoms with Gasteiger partial charge >= 0.3 is 0 Å². The maximum absolute atomic E-state index is 12.4. The number of amides is 1. The van der Waals surface area contributed by atoms with Crippen molar-refractivity contribution in [2.75, 3.05) is 56.0 Å². The molecule has 3 aromatic rings. The molecule has 0 radical (unpaired) electrons.